The Hall–Kier alpha value is -2.94. The van der Waals surface area contributed by atoms with Gasteiger partial charge in [0.15, 0.2) is 5.72 Å². The van der Waals surface area contributed by atoms with E-state index in [1.807, 2.05) is 0 Å². The number of benzene rings is 2. The van der Waals surface area contributed by atoms with E-state index in [0.717, 1.165) is 24.3 Å². The van der Waals surface area contributed by atoms with Crippen LogP contribution in [0.1, 0.15) is 22.3 Å². The number of carbonyl (C=O) groups excluding carboxylic acids is 1. The third kappa shape index (κ3) is 3.13. The van der Waals surface area contributed by atoms with Crippen molar-refractivity contribution in [3.8, 4) is 0 Å². The maximum atomic E-state index is 13.1. The molecule has 26 heavy (non-hydrogen) atoms. The lowest BCUT2D eigenvalue weighted by Gasteiger charge is -2.31. The van der Waals surface area contributed by atoms with Crippen LogP contribution in [0.5, 0.6) is 0 Å². The molecule has 1 heterocycles. The largest absolute Gasteiger partial charge is 0.431 e. The van der Waals surface area contributed by atoms with Gasteiger partial charge in [-0.25, -0.2) is 4.39 Å². The standard InChI is InChI=1S/C17H13F4N3O2/c18-12-5-3-11(4-6-12)16(26)9-14(17(19,20)21)23-24(16)15(25)10-1-7-13(22)8-2-10/h1-8,26H,9,22H2/t16-/m1/s1. The maximum absolute atomic E-state index is 13.1. The molecule has 9 heteroatoms. The molecule has 0 aliphatic carbocycles. The second kappa shape index (κ2) is 6.10. The van der Waals surface area contributed by atoms with Gasteiger partial charge in [0.25, 0.3) is 5.91 Å². The molecule has 3 N–H and O–H groups in total. The summed E-state index contributed by atoms with van der Waals surface area (Å²) >= 11 is 0. The molecule has 0 aromatic heterocycles. The first kappa shape index (κ1) is 17.9. The molecular weight excluding hydrogens is 354 g/mol. The van der Waals surface area contributed by atoms with E-state index in [1.54, 1.807) is 0 Å². The highest BCUT2D eigenvalue weighted by atomic mass is 19.4. The molecule has 1 amide bonds. The summed E-state index contributed by atoms with van der Waals surface area (Å²) in [6, 6.07) is 9.58. The first-order chi connectivity index (χ1) is 12.1. The van der Waals surface area contributed by atoms with E-state index in [9.17, 15) is 27.5 Å². The second-order valence-corrected chi connectivity index (χ2v) is 5.78. The van der Waals surface area contributed by atoms with Gasteiger partial charge in [-0.2, -0.15) is 23.3 Å². The molecule has 0 bridgehead atoms. The molecule has 2 aromatic carbocycles. The van der Waals surface area contributed by atoms with E-state index in [0.29, 0.717) is 10.7 Å². The topological polar surface area (TPSA) is 78.9 Å². The highest BCUT2D eigenvalue weighted by molar-refractivity contribution is 6.00. The van der Waals surface area contributed by atoms with Crippen LogP contribution < -0.4 is 5.73 Å². The van der Waals surface area contributed by atoms with E-state index >= 15 is 0 Å². The van der Waals surface area contributed by atoms with Crippen molar-refractivity contribution < 1.29 is 27.5 Å². The van der Waals surface area contributed by atoms with Crippen molar-refractivity contribution in [2.75, 3.05) is 5.73 Å². The molecule has 0 saturated carbocycles. The van der Waals surface area contributed by atoms with Crippen molar-refractivity contribution in [3.05, 3.63) is 65.5 Å². The molecule has 0 unspecified atom stereocenters. The number of nitrogens with zero attached hydrogens (tertiary/aromatic N) is 2. The average Bonchev–Trinajstić information content (AvgIpc) is 2.94. The molecule has 2 aromatic rings. The van der Waals surface area contributed by atoms with Crippen LogP contribution in [0.2, 0.25) is 0 Å². The summed E-state index contributed by atoms with van der Waals surface area (Å²) < 4.78 is 52.5. The van der Waals surface area contributed by atoms with Gasteiger partial charge in [-0.05, 0) is 36.4 Å². The van der Waals surface area contributed by atoms with Crippen molar-refractivity contribution in [3.63, 3.8) is 0 Å². The van der Waals surface area contributed by atoms with E-state index in [4.69, 9.17) is 5.73 Å². The third-order valence-electron chi connectivity index (χ3n) is 3.97. The number of hydrogen-bond acceptors (Lipinski definition) is 4. The van der Waals surface area contributed by atoms with Crippen LogP contribution in [-0.2, 0) is 5.72 Å². The number of halogens is 4. The summed E-state index contributed by atoms with van der Waals surface area (Å²) in [7, 11) is 0. The lowest BCUT2D eigenvalue weighted by atomic mass is 9.96. The van der Waals surface area contributed by atoms with Crippen LogP contribution in [0, 0.1) is 5.82 Å². The SMILES string of the molecule is Nc1ccc(C(=O)N2N=C(C(F)(F)F)C[C@@]2(O)c2ccc(F)cc2)cc1. The monoisotopic (exact) mass is 367 g/mol. The predicted molar refractivity (Wildman–Crippen MR) is 85.4 cm³/mol. The van der Waals surface area contributed by atoms with Gasteiger partial charge in [-0.3, -0.25) is 4.79 Å². The zero-order chi connectivity index (χ0) is 19.1. The van der Waals surface area contributed by atoms with Crippen molar-refractivity contribution in [2.24, 2.45) is 5.10 Å². The van der Waals surface area contributed by atoms with Gasteiger partial charge in [0.1, 0.15) is 11.5 Å². The number of rotatable bonds is 2. The normalized spacial score (nSPS) is 20.2. The first-order valence-corrected chi connectivity index (χ1v) is 7.44. The average molecular weight is 367 g/mol. The number of amides is 1. The third-order valence-corrected chi connectivity index (χ3v) is 3.97. The smallest absolute Gasteiger partial charge is 0.399 e. The van der Waals surface area contributed by atoms with Crippen molar-refractivity contribution in [2.45, 2.75) is 18.3 Å². The van der Waals surface area contributed by atoms with Crippen LogP contribution in [0.15, 0.2) is 53.6 Å². The van der Waals surface area contributed by atoms with Gasteiger partial charge >= 0.3 is 6.18 Å². The Bertz CT molecular complexity index is 863. The Morgan fingerprint density at radius 2 is 1.69 bits per heavy atom. The minimum absolute atomic E-state index is 0.00749. The number of alkyl halides is 3. The Morgan fingerprint density at radius 3 is 2.23 bits per heavy atom. The number of aliphatic hydroxyl groups is 1. The molecule has 136 valence electrons. The van der Waals surface area contributed by atoms with Crippen LogP contribution in [0.4, 0.5) is 23.2 Å². The number of anilines is 1. The molecule has 3 rings (SSSR count). The maximum Gasteiger partial charge on any atom is 0.431 e. The number of nitrogens with two attached hydrogens (primary N) is 1. The summed E-state index contributed by atoms with van der Waals surface area (Å²) in [4.78, 5) is 12.7. The minimum Gasteiger partial charge on any atom is -0.399 e. The molecule has 0 fully saturated rings. The van der Waals surface area contributed by atoms with Crippen LogP contribution in [0.3, 0.4) is 0 Å². The summed E-state index contributed by atoms with van der Waals surface area (Å²) in [5.41, 5.74) is 2.09. The summed E-state index contributed by atoms with van der Waals surface area (Å²) in [6.07, 6.45) is -5.80. The number of hydrogen-bond donors (Lipinski definition) is 2. The quantitative estimate of drug-likeness (QED) is 0.633. The molecule has 0 radical (unpaired) electrons. The minimum atomic E-state index is -4.83. The lowest BCUT2D eigenvalue weighted by Crippen LogP contribution is -2.43. The fraction of sp³-hybridized carbons (Fsp3) is 0.176. The summed E-state index contributed by atoms with van der Waals surface area (Å²) in [6.45, 7) is 0. The Balaban J connectivity index is 2.06. The van der Waals surface area contributed by atoms with E-state index in [-0.39, 0.29) is 11.1 Å². The van der Waals surface area contributed by atoms with Gasteiger partial charge < -0.3 is 10.8 Å². The van der Waals surface area contributed by atoms with Crippen molar-refractivity contribution in [1.29, 1.82) is 0 Å². The first-order valence-electron chi connectivity index (χ1n) is 7.44. The van der Waals surface area contributed by atoms with E-state index < -0.39 is 35.8 Å². The van der Waals surface area contributed by atoms with Gasteiger partial charge in [0.05, 0.1) is 6.42 Å². The zero-order valence-corrected chi connectivity index (χ0v) is 13.2. The molecule has 1 atom stereocenters. The lowest BCUT2D eigenvalue weighted by molar-refractivity contribution is -0.0816. The van der Waals surface area contributed by atoms with Gasteiger partial charge in [0, 0.05) is 16.8 Å². The highest BCUT2D eigenvalue weighted by Crippen LogP contribution is 2.40. The fourth-order valence-electron chi connectivity index (χ4n) is 2.61. The summed E-state index contributed by atoms with van der Waals surface area (Å²) in [5, 5.41) is 14.6. The predicted octanol–water partition coefficient (Wildman–Crippen LogP) is 3.02. The van der Waals surface area contributed by atoms with Gasteiger partial charge in [0.2, 0.25) is 0 Å². The van der Waals surface area contributed by atoms with Crippen LogP contribution in [0.25, 0.3) is 0 Å². The number of hydrazone groups is 1. The van der Waals surface area contributed by atoms with Gasteiger partial charge in [-0.1, -0.05) is 12.1 Å². The molecule has 1 aliphatic rings. The molecule has 1 aliphatic heterocycles. The van der Waals surface area contributed by atoms with E-state index in [2.05, 4.69) is 5.10 Å². The number of carbonyl (C=O) groups is 1. The van der Waals surface area contributed by atoms with Gasteiger partial charge in [-0.15, -0.1) is 0 Å². The summed E-state index contributed by atoms with van der Waals surface area (Å²) in [5.74, 6) is -1.58. The second-order valence-electron chi connectivity index (χ2n) is 5.78. The van der Waals surface area contributed by atoms with E-state index in [1.165, 1.54) is 24.3 Å². The van der Waals surface area contributed by atoms with Crippen LogP contribution in [-0.4, -0.2) is 27.9 Å². The fourth-order valence-corrected chi connectivity index (χ4v) is 2.61. The molecular formula is C17H13F4N3O2. The number of nitrogen functional groups attached to an aromatic ring is 1. The van der Waals surface area contributed by atoms with Crippen molar-refractivity contribution >= 4 is 17.3 Å². The Labute approximate surface area is 145 Å². The Morgan fingerprint density at radius 1 is 1.12 bits per heavy atom. The van der Waals surface area contributed by atoms with Crippen LogP contribution >= 0.6 is 0 Å². The molecule has 5 nitrogen and oxygen atoms in total. The highest BCUT2D eigenvalue weighted by Gasteiger charge is 2.53. The molecule has 0 spiro atoms. The Kier molecular flexibility index (Phi) is 4.19. The van der Waals surface area contributed by atoms with Crippen molar-refractivity contribution in [1.82, 2.24) is 5.01 Å². The zero-order valence-electron chi connectivity index (χ0n) is 13.2. The molecule has 0 saturated heterocycles.